The van der Waals surface area contributed by atoms with E-state index in [0.29, 0.717) is 26.2 Å². The Morgan fingerprint density at radius 1 is 1.32 bits per heavy atom. The second kappa shape index (κ2) is 9.09. The molecule has 1 atom stereocenters. The second-order valence-electron chi connectivity index (χ2n) is 7.47. The highest BCUT2D eigenvalue weighted by molar-refractivity contribution is 7.14. The predicted octanol–water partition coefficient (Wildman–Crippen LogP) is 1.43. The van der Waals surface area contributed by atoms with Crippen molar-refractivity contribution in [3.63, 3.8) is 0 Å². The van der Waals surface area contributed by atoms with Crippen LogP contribution in [0.5, 0.6) is 0 Å². The number of nitrogens with zero attached hydrogens (tertiary/aromatic N) is 1. The van der Waals surface area contributed by atoms with Crippen molar-refractivity contribution in [1.82, 2.24) is 10.2 Å². The summed E-state index contributed by atoms with van der Waals surface area (Å²) in [6, 6.07) is 2.00. The van der Waals surface area contributed by atoms with E-state index in [9.17, 15) is 9.59 Å². The zero-order valence-corrected chi connectivity index (χ0v) is 17.5. The second-order valence-corrected chi connectivity index (χ2v) is 8.61. The number of nitrogens with two attached hydrogens (primary N) is 1. The third-order valence-electron chi connectivity index (χ3n) is 5.84. The number of amides is 2. The molecule has 0 radical (unpaired) electrons. The van der Waals surface area contributed by atoms with Gasteiger partial charge in [0.2, 0.25) is 5.91 Å². The fourth-order valence-electron chi connectivity index (χ4n) is 4.29. The molecule has 0 aromatic carbocycles. The van der Waals surface area contributed by atoms with Crippen LogP contribution in [-0.4, -0.2) is 62.2 Å². The molecule has 156 valence electrons. The number of hydrogen-bond acceptors (Lipinski definition) is 6. The van der Waals surface area contributed by atoms with Crippen LogP contribution in [0.3, 0.4) is 0 Å². The van der Waals surface area contributed by atoms with E-state index in [1.165, 1.54) is 4.88 Å². The van der Waals surface area contributed by atoms with E-state index in [2.05, 4.69) is 5.32 Å². The fraction of sp³-hybridized carbons (Fsp3) is 0.684. The number of thiophene rings is 1. The van der Waals surface area contributed by atoms with E-state index in [4.69, 9.17) is 15.2 Å². The normalized spacial score (nSPS) is 23.2. The summed E-state index contributed by atoms with van der Waals surface area (Å²) in [7, 11) is 0. The van der Waals surface area contributed by atoms with E-state index in [-0.39, 0.29) is 42.5 Å². The molecule has 4 rings (SSSR count). The van der Waals surface area contributed by atoms with Gasteiger partial charge >= 0.3 is 0 Å². The van der Waals surface area contributed by atoms with Gasteiger partial charge < -0.3 is 25.4 Å². The molecule has 9 heteroatoms. The molecule has 28 heavy (non-hydrogen) atoms. The van der Waals surface area contributed by atoms with Crippen LogP contribution in [0.1, 0.15) is 45.8 Å². The Morgan fingerprint density at radius 2 is 2.11 bits per heavy atom. The number of fused-ring (bicyclic) bond motifs is 2. The minimum Gasteiger partial charge on any atom is -0.376 e. The van der Waals surface area contributed by atoms with Crippen LogP contribution in [0.25, 0.3) is 0 Å². The van der Waals surface area contributed by atoms with Crippen LogP contribution in [0, 0.1) is 0 Å². The Labute approximate surface area is 175 Å². The van der Waals surface area contributed by atoms with Crippen molar-refractivity contribution in [3.05, 3.63) is 21.4 Å². The minimum absolute atomic E-state index is 0. The average Bonchev–Trinajstić information content (AvgIpc) is 3.36. The van der Waals surface area contributed by atoms with Gasteiger partial charge in [-0.2, -0.15) is 0 Å². The first kappa shape index (κ1) is 21.5. The van der Waals surface area contributed by atoms with Gasteiger partial charge in [-0.1, -0.05) is 0 Å². The lowest BCUT2D eigenvalue weighted by atomic mass is 9.82. The number of likely N-dealkylation sites (tertiary alicyclic amines) is 1. The van der Waals surface area contributed by atoms with Gasteiger partial charge in [0, 0.05) is 37.5 Å². The molecular formula is C19H28ClN3O4S. The van der Waals surface area contributed by atoms with Gasteiger partial charge in [0.25, 0.3) is 5.91 Å². The number of carbonyl (C=O) groups excluding carboxylic acids is 2. The van der Waals surface area contributed by atoms with E-state index < -0.39 is 0 Å². The maximum absolute atomic E-state index is 12.6. The summed E-state index contributed by atoms with van der Waals surface area (Å²) in [6.07, 6.45) is 4.56. The van der Waals surface area contributed by atoms with Crippen LogP contribution >= 0.6 is 23.7 Å². The number of hydrogen-bond donors (Lipinski definition) is 2. The van der Waals surface area contributed by atoms with Crippen molar-refractivity contribution >= 4 is 35.6 Å². The summed E-state index contributed by atoms with van der Waals surface area (Å²) in [5.74, 6) is -0.0452. The first-order valence-electron chi connectivity index (χ1n) is 9.76. The molecule has 0 aliphatic carbocycles. The Balaban J connectivity index is 0.00000225. The average molecular weight is 430 g/mol. The third kappa shape index (κ3) is 4.21. The molecule has 0 bridgehead atoms. The molecule has 1 aromatic rings. The summed E-state index contributed by atoms with van der Waals surface area (Å²) in [4.78, 5) is 28.3. The minimum atomic E-state index is -0.372. The molecule has 0 saturated carbocycles. The quantitative estimate of drug-likeness (QED) is 0.755. The van der Waals surface area contributed by atoms with Crippen LogP contribution in [0.4, 0.5) is 0 Å². The molecule has 2 saturated heterocycles. The number of rotatable bonds is 4. The lowest BCUT2D eigenvalue weighted by Crippen LogP contribution is -2.49. The van der Waals surface area contributed by atoms with Crippen molar-refractivity contribution in [2.24, 2.45) is 5.73 Å². The lowest BCUT2D eigenvalue weighted by Gasteiger charge is -2.44. The van der Waals surface area contributed by atoms with E-state index in [1.807, 2.05) is 11.0 Å². The van der Waals surface area contributed by atoms with Crippen molar-refractivity contribution in [1.29, 1.82) is 0 Å². The van der Waals surface area contributed by atoms with Crippen LogP contribution in [0.2, 0.25) is 0 Å². The molecule has 2 fully saturated rings. The first-order valence-corrected chi connectivity index (χ1v) is 10.6. The summed E-state index contributed by atoms with van der Waals surface area (Å²) in [5, 5.41) is 3.01. The molecule has 3 aliphatic heterocycles. The van der Waals surface area contributed by atoms with Gasteiger partial charge in [-0.25, -0.2) is 0 Å². The monoisotopic (exact) mass is 429 g/mol. The Morgan fingerprint density at radius 3 is 2.79 bits per heavy atom. The zero-order valence-electron chi connectivity index (χ0n) is 15.9. The van der Waals surface area contributed by atoms with E-state index in [0.717, 1.165) is 49.2 Å². The molecule has 1 aromatic heterocycles. The molecule has 3 N–H and O–H groups in total. The van der Waals surface area contributed by atoms with Gasteiger partial charge in [0.15, 0.2) is 0 Å². The molecule has 3 aliphatic rings. The molecular weight excluding hydrogens is 402 g/mol. The number of carbonyl (C=O) groups is 2. The molecule has 7 nitrogen and oxygen atoms in total. The first-order chi connectivity index (χ1) is 13.1. The van der Waals surface area contributed by atoms with Crippen LogP contribution in [0.15, 0.2) is 6.07 Å². The van der Waals surface area contributed by atoms with Gasteiger partial charge in [-0.15, -0.1) is 23.7 Å². The van der Waals surface area contributed by atoms with Crippen molar-refractivity contribution in [3.8, 4) is 0 Å². The van der Waals surface area contributed by atoms with E-state index >= 15 is 0 Å². The molecule has 1 spiro atoms. The SMILES string of the molecule is Cl.NCC(=O)N1CCC2(CC1)OCCc1sc(C(=O)NC[C@@H]3CCCO3)cc12. The number of nitrogens with one attached hydrogen (secondary N) is 1. The van der Waals surface area contributed by atoms with Crippen molar-refractivity contribution < 1.29 is 19.1 Å². The largest absolute Gasteiger partial charge is 0.376 e. The zero-order chi connectivity index (χ0) is 18.9. The fourth-order valence-corrected chi connectivity index (χ4v) is 5.44. The van der Waals surface area contributed by atoms with Crippen LogP contribution < -0.4 is 11.1 Å². The maximum Gasteiger partial charge on any atom is 0.261 e. The topological polar surface area (TPSA) is 93.9 Å². The Bertz CT molecular complexity index is 712. The van der Waals surface area contributed by atoms with Crippen molar-refractivity contribution in [2.45, 2.75) is 43.8 Å². The molecule has 4 heterocycles. The lowest BCUT2D eigenvalue weighted by molar-refractivity contribution is -0.139. The van der Waals surface area contributed by atoms with Gasteiger partial charge in [-0.3, -0.25) is 9.59 Å². The van der Waals surface area contributed by atoms with Gasteiger partial charge in [0.05, 0.1) is 29.7 Å². The predicted molar refractivity (Wildman–Crippen MR) is 109 cm³/mol. The Hall–Kier alpha value is -1.19. The summed E-state index contributed by atoms with van der Waals surface area (Å²) in [6.45, 7) is 3.36. The summed E-state index contributed by atoms with van der Waals surface area (Å²) < 4.78 is 11.8. The number of ether oxygens (including phenoxy) is 2. The number of halogens is 1. The highest BCUT2D eigenvalue weighted by atomic mass is 35.5. The Kier molecular flexibility index (Phi) is 6.98. The van der Waals surface area contributed by atoms with Gasteiger partial charge in [-0.05, 0) is 37.3 Å². The van der Waals surface area contributed by atoms with Crippen molar-refractivity contribution in [2.75, 3.05) is 39.4 Å². The van der Waals surface area contributed by atoms with E-state index in [1.54, 1.807) is 11.3 Å². The molecule has 2 amide bonds. The molecule has 0 unspecified atom stereocenters. The van der Waals surface area contributed by atoms with Gasteiger partial charge in [0.1, 0.15) is 0 Å². The standard InChI is InChI=1S/C19H27N3O4S.ClH/c20-11-17(23)22-6-4-19(5-7-22)14-10-16(27-15(14)3-9-26-19)18(24)21-12-13-2-1-8-25-13;/h10,13H,1-9,11-12,20H2,(H,21,24);1H/t13-;/m0./s1. The maximum atomic E-state index is 12.6. The summed E-state index contributed by atoms with van der Waals surface area (Å²) in [5.41, 5.74) is 6.25. The smallest absolute Gasteiger partial charge is 0.261 e. The third-order valence-corrected chi connectivity index (χ3v) is 7.04. The summed E-state index contributed by atoms with van der Waals surface area (Å²) >= 11 is 1.57. The number of piperidine rings is 1. The highest BCUT2D eigenvalue weighted by Crippen LogP contribution is 2.44. The van der Waals surface area contributed by atoms with Crippen LogP contribution in [-0.2, 0) is 26.3 Å². The highest BCUT2D eigenvalue weighted by Gasteiger charge is 2.43.